The summed E-state index contributed by atoms with van der Waals surface area (Å²) in [4.78, 5) is 35.9. The van der Waals surface area contributed by atoms with Gasteiger partial charge in [0.1, 0.15) is 0 Å². The van der Waals surface area contributed by atoms with Gasteiger partial charge < -0.3 is 25.3 Å². The van der Waals surface area contributed by atoms with E-state index >= 15 is 0 Å². The molecule has 7 N–H and O–H groups in total. The van der Waals surface area contributed by atoms with Crippen LogP contribution < -0.4 is 5.73 Å². The second kappa shape index (κ2) is 6.95. The molecule has 0 radical (unpaired) electrons. The Bertz CT molecular complexity index is 484. The average Bonchev–Trinajstić information content (AvgIpc) is 2.17. The van der Waals surface area contributed by atoms with E-state index in [2.05, 4.69) is 0 Å². The monoisotopic (exact) mass is 355 g/mol. The highest BCUT2D eigenvalue weighted by Gasteiger charge is 2.56. The Balaban J connectivity index is 4.40. The molecule has 0 aliphatic carbocycles. The van der Waals surface area contributed by atoms with Gasteiger partial charge in [-0.2, -0.15) is 8.42 Å². The third-order valence-electron chi connectivity index (χ3n) is 2.71. The van der Waals surface area contributed by atoms with Crippen LogP contribution in [0.1, 0.15) is 32.1 Å². The standard InChI is InChI=1S/C7H19NO9P2S/c8-7(18(9,10)11,19(12,13)14)5-3-1-2-4-6-20(15,16)17/h1-6,8H2,(H2,9,10,11)(H2,12,13,14)(H,15,16,17). The summed E-state index contributed by atoms with van der Waals surface area (Å²) in [6, 6.07) is 0. The van der Waals surface area contributed by atoms with Gasteiger partial charge in [0, 0.05) is 0 Å². The molecule has 0 rings (SSSR count). The average molecular weight is 355 g/mol. The highest BCUT2D eigenvalue weighted by atomic mass is 32.2. The maximum absolute atomic E-state index is 11.1. The summed E-state index contributed by atoms with van der Waals surface area (Å²) < 4.78 is 51.5. The Kier molecular flexibility index (Phi) is 7.01. The molecule has 122 valence electrons. The zero-order chi connectivity index (χ0) is 16.2. The van der Waals surface area contributed by atoms with Gasteiger partial charge in [-0.3, -0.25) is 13.7 Å². The summed E-state index contributed by atoms with van der Waals surface area (Å²) in [6.07, 6.45) is 0.0838. The smallest absolute Gasteiger partial charge is 0.323 e. The summed E-state index contributed by atoms with van der Waals surface area (Å²) in [5.74, 6) is -0.447. The maximum atomic E-state index is 11.1. The van der Waals surface area contributed by atoms with Crippen molar-refractivity contribution in [3.05, 3.63) is 0 Å². The number of rotatable bonds is 9. The predicted molar refractivity (Wildman–Crippen MR) is 70.5 cm³/mol. The van der Waals surface area contributed by atoms with Crippen molar-refractivity contribution >= 4 is 25.3 Å². The molecule has 0 bridgehead atoms. The Morgan fingerprint density at radius 1 is 0.900 bits per heavy atom. The van der Waals surface area contributed by atoms with Crippen LogP contribution in [0.3, 0.4) is 0 Å². The van der Waals surface area contributed by atoms with Crippen molar-refractivity contribution in [3.63, 3.8) is 0 Å². The summed E-state index contributed by atoms with van der Waals surface area (Å²) in [5, 5.41) is -2.93. The van der Waals surface area contributed by atoms with Crippen LogP contribution in [0.4, 0.5) is 0 Å². The van der Waals surface area contributed by atoms with Gasteiger partial charge in [-0.05, 0) is 12.8 Å². The first kappa shape index (κ1) is 20.2. The largest absolute Gasteiger partial charge is 0.357 e. The van der Waals surface area contributed by atoms with Crippen molar-refractivity contribution in [3.8, 4) is 0 Å². The first-order chi connectivity index (χ1) is 8.71. The highest BCUT2D eigenvalue weighted by Crippen LogP contribution is 2.67. The number of nitrogens with two attached hydrogens (primary N) is 1. The van der Waals surface area contributed by atoms with Gasteiger partial charge in [0.2, 0.25) is 5.02 Å². The number of hydrogen-bond acceptors (Lipinski definition) is 5. The zero-order valence-electron chi connectivity index (χ0n) is 10.5. The van der Waals surface area contributed by atoms with E-state index < -0.39 is 42.5 Å². The summed E-state index contributed by atoms with van der Waals surface area (Å²) >= 11 is 0. The van der Waals surface area contributed by atoms with E-state index in [1.807, 2.05) is 0 Å². The third kappa shape index (κ3) is 6.30. The van der Waals surface area contributed by atoms with Gasteiger partial charge in [-0.15, -0.1) is 0 Å². The fourth-order valence-corrected chi connectivity index (χ4v) is 4.31. The second-order valence-electron chi connectivity index (χ2n) is 4.42. The predicted octanol–water partition coefficient (Wildman–Crippen LogP) is -0.207. The van der Waals surface area contributed by atoms with E-state index in [-0.39, 0.29) is 19.3 Å². The van der Waals surface area contributed by atoms with E-state index in [0.29, 0.717) is 6.42 Å². The molecule has 0 aliphatic heterocycles. The molecule has 0 aromatic carbocycles. The van der Waals surface area contributed by atoms with Gasteiger partial charge >= 0.3 is 15.2 Å². The van der Waals surface area contributed by atoms with Crippen LogP contribution in [0.15, 0.2) is 0 Å². The van der Waals surface area contributed by atoms with Crippen molar-refractivity contribution in [1.82, 2.24) is 0 Å². The van der Waals surface area contributed by atoms with Crippen LogP contribution in [0.25, 0.3) is 0 Å². The fraction of sp³-hybridized carbons (Fsp3) is 1.00. The minimum atomic E-state index is -5.21. The molecule has 0 unspecified atom stereocenters. The Hall–Kier alpha value is 0.170. The van der Waals surface area contributed by atoms with Crippen molar-refractivity contribution in [1.29, 1.82) is 0 Å². The molecule has 0 spiro atoms. The first-order valence-corrected chi connectivity index (χ1v) is 10.4. The maximum Gasteiger partial charge on any atom is 0.357 e. The topological polar surface area (TPSA) is 195 Å². The van der Waals surface area contributed by atoms with Crippen LogP contribution >= 0.6 is 15.2 Å². The van der Waals surface area contributed by atoms with E-state index in [9.17, 15) is 17.5 Å². The molecule has 0 aliphatic rings. The molecule has 0 saturated carbocycles. The molecule has 0 saturated heterocycles. The molecule has 20 heavy (non-hydrogen) atoms. The summed E-state index contributed by atoms with van der Waals surface area (Å²) in [5.41, 5.74) is 5.17. The summed E-state index contributed by atoms with van der Waals surface area (Å²) in [7, 11) is -14.5. The molecule has 0 amide bonds. The molecular weight excluding hydrogens is 336 g/mol. The molecule has 0 fully saturated rings. The highest BCUT2D eigenvalue weighted by molar-refractivity contribution is 7.85. The van der Waals surface area contributed by atoms with Crippen LogP contribution in [-0.4, -0.2) is 43.3 Å². The Morgan fingerprint density at radius 3 is 1.65 bits per heavy atom. The van der Waals surface area contributed by atoms with E-state index in [1.165, 1.54) is 0 Å². The van der Waals surface area contributed by atoms with Gasteiger partial charge in [0.15, 0.2) is 0 Å². The molecule has 0 aromatic rings. The lowest BCUT2D eigenvalue weighted by atomic mass is 10.1. The van der Waals surface area contributed by atoms with Gasteiger partial charge in [0.25, 0.3) is 10.1 Å². The van der Waals surface area contributed by atoms with Crippen molar-refractivity contribution < 1.29 is 41.7 Å². The van der Waals surface area contributed by atoms with E-state index in [0.717, 1.165) is 0 Å². The van der Waals surface area contributed by atoms with E-state index in [4.69, 9.17) is 29.9 Å². The van der Waals surface area contributed by atoms with Crippen molar-refractivity contribution in [2.24, 2.45) is 5.73 Å². The lowest BCUT2D eigenvalue weighted by Gasteiger charge is -2.30. The van der Waals surface area contributed by atoms with Crippen molar-refractivity contribution in [2.75, 3.05) is 5.75 Å². The minimum absolute atomic E-state index is 0.00179. The third-order valence-corrected chi connectivity index (χ3v) is 7.54. The first-order valence-electron chi connectivity index (χ1n) is 5.56. The minimum Gasteiger partial charge on any atom is -0.323 e. The quantitative estimate of drug-likeness (QED) is 0.183. The van der Waals surface area contributed by atoms with E-state index in [1.54, 1.807) is 0 Å². The van der Waals surface area contributed by atoms with Crippen LogP contribution in [-0.2, 0) is 19.2 Å². The second-order valence-corrected chi connectivity index (χ2v) is 10.1. The number of unbranched alkanes of at least 4 members (excludes halogenated alkanes) is 3. The zero-order valence-corrected chi connectivity index (χ0v) is 13.1. The lowest BCUT2D eigenvalue weighted by Crippen LogP contribution is -2.39. The lowest BCUT2D eigenvalue weighted by molar-refractivity contribution is 0.300. The normalized spacial score (nSPS) is 14.5. The molecule has 13 heteroatoms. The number of hydrogen-bond donors (Lipinski definition) is 6. The van der Waals surface area contributed by atoms with Gasteiger partial charge in [-0.1, -0.05) is 19.3 Å². The van der Waals surface area contributed by atoms with Crippen LogP contribution in [0, 0.1) is 0 Å². The molecular formula is C7H19NO9P2S. The molecule has 0 heterocycles. The van der Waals surface area contributed by atoms with Crippen molar-refractivity contribution in [2.45, 2.75) is 37.1 Å². The van der Waals surface area contributed by atoms with Crippen LogP contribution in [0.2, 0.25) is 0 Å². The Labute approximate surface area is 116 Å². The SMILES string of the molecule is NC(CCCCCCS(=O)(=O)O)(P(=O)(O)O)P(=O)(O)O. The molecule has 0 atom stereocenters. The van der Waals surface area contributed by atoms with Gasteiger partial charge in [0.05, 0.1) is 5.75 Å². The fourth-order valence-electron chi connectivity index (χ4n) is 1.48. The molecule has 10 nitrogen and oxygen atoms in total. The van der Waals surface area contributed by atoms with Gasteiger partial charge in [-0.25, -0.2) is 0 Å². The Morgan fingerprint density at radius 2 is 1.30 bits per heavy atom. The summed E-state index contributed by atoms with van der Waals surface area (Å²) in [6.45, 7) is 0. The van der Waals surface area contributed by atoms with Crippen LogP contribution in [0.5, 0.6) is 0 Å². The molecule has 0 aromatic heterocycles.